The predicted molar refractivity (Wildman–Crippen MR) is 126 cm³/mol. The number of oxime groups is 1. The highest BCUT2D eigenvalue weighted by atomic mass is 19.4. The highest BCUT2D eigenvalue weighted by Gasteiger charge is 2.33. The lowest BCUT2D eigenvalue weighted by Gasteiger charge is -2.32. The molecule has 0 spiro atoms. The van der Waals surface area contributed by atoms with Crippen molar-refractivity contribution >= 4 is 33.9 Å². The molecular formula is C24H22F3N5O4. The number of aliphatic imine (C=N–C) groups is 1. The Balaban J connectivity index is 1.46. The maximum absolute atomic E-state index is 12.8. The van der Waals surface area contributed by atoms with Gasteiger partial charge >= 0.3 is 6.36 Å². The number of alkyl halides is 3. The summed E-state index contributed by atoms with van der Waals surface area (Å²) in [5.74, 6) is -0.957. The summed E-state index contributed by atoms with van der Waals surface area (Å²) < 4.78 is 42.4. The van der Waals surface area contributed by atoms with Gasteiger partial charge in [0.15, 0.2) is 12.5 Å². The van der Waals surface area contributed by atoms with Crippen molar-refractivity contribution in [2.75, 3.05) is 39.8 Å². The molecule has 9 nitrogen and oxygen atoms in total. The number of benzene rings is 2. The van der Waals surface area contributed by atoms with E-state index >= 15 is 0 Å². The van der Waals surface area contributed by atoms with E-state index in [4.69, 9.17) is 4.84 Å². The van der Waals surface area contributed by atoms with E-state index in [2.05, 4.69) is 24.8 Å². The third kappa shape index (κ3) is 4.71. The average molecular weight is 501 g/mol. The molecule has 3 aromatic rings. The molecule has 1 fully saturated rings. The molecule has 36 heavy (non-hydrogen) atoms. The first kappa shape index (κ1) is 23.7. The molecular weight excluding hydrogens is 479 g/mol. The van der Waals surface area contributed by atoms with Gasteiger partial charge in [-0.1, -0.05) is 23.4 Å². The highest BCUT2D eigenvalue weighted by Crippen LogP contribution is 2.37. The van der Waals surface area contributed by atoms with Crippen LogP contribution in [0.25, 0.3) is 10.9 Å². The van der Waals surface area contributed by atoms with E-state index in [0.717, 1.165) is 25.2 Å². The van der Waals surface area contributed by atoms with Gasteiger partial charge in [0.1, 0.15) is 17.2 Å². The van der Waals surface area contributed by atoms with Crippen LogP contribution in [0.2, 0.25) is 0 Å². The Morgan fingerprint density at radius 3 is 2.67 bits per heavy atom. The van der Waals surface area contributed by atoms with Crippen LogP contribution in [-0.4, -0.2) is 83.4 Å². The molecule has 2 aliphatic heterocycles. The first-order valence-corrected chi connectivity index (χ1v) is 11.1. The van der Waals surface area contributed by atoms with Gasteiger partial charge in [0.25, 0.3) is 5.91 Å². The number of ether oxygens (including phenoxy) is 1. The summed E-state index contributed by atoms with van der Waals surface area (Å²) in [5.41, 5.74) is 2.08. The number of amides is 1. The van der Waals surface area contributed by atoms with Crippen LogP contribution in [0.15, 0.2) is 52.6 Å². The highest BCUT2D eigenvalue weighted by molar-refractivity contribution is 6.58. The molecule has 0 atom stereocenters. The van der Waals surface area contributed by atoms with Crippen LogP contribution < -0.4 is 4.74 Å². The second kappa shape index (κ2) is 9.19. The van der Waals surface area contributed by atoms with Crippen LogP contribution in [0, 0.1) is 0 Å². The van der Waals surface area contributed by atoms with E-state index < -0.39 is 12.1 Å². The van der Waals surface area contributed by atoms with E-state index in [1.165, 1.54) is 6.07 Å². The zero-order chi connectivity index (χ0) is 25.4. The number of nitrogens with one attached hydrogen (secondary N) is 1. The Labute approximate surface area is 203 Å². The van der Waals surface area contributed by atoms with Gasteiger partial charge in [-0.15, -0.1) is 13.2 Å². The normalized spacial score (nSPS) is 17.4. The Hall–Kier alpha value is -4.06. The molecule has 1 amide bonds. The predicted octanol–water partition coefficient (Wildman–Crippen LogP) is 3.40. The van der Waals surface area contributed by atoms with E-state index in [1.54, 1.807) is 29.2 Å². The summed E-state index contributed by atoms with van der Waals surface area (Å²) in [4.78, 5) is 29.1. The maximum Gasteiger partial charge on any atom is 0.573 e. The van der Waals surface area contributed by atoms with Gasteiger partial charge in [-0.3, -0.25) is 4.79 Å². The van der Waals surface area contributed by atoms with Crippen LogP contribution in [-0.2, 0) is 9.63 Å². The number of aromatic nitrogens is 1. The lowest BCUT2D eigenvalue weighted by Crippen LogP contribution is -2.48. The SMILES string of the molecule is CN1CCN(C(=O)CO/N=C2/C(c3c(O)[nH]c4ccc(OC(F)(F)F)cc34)=Nc3ccccc32)CC1. The summed E-state index contributed by atoms with van der Waals surface area (Å²) in [6.07, 6.45) is -4.87. The van der Waals surface area contributed by atoms with Crippen LogP contribution in [0.4, 0.5) is 18.9 Å². The van der Waals surface area contributed by atoms with Crippen molar-refractivity contribution in [1.29, 1.82) is 0 Å². The lowest BCUT2D eigenvalue weighted by atomic mass is 10.0. The molecule has 12 heteroatoms. The Morgan fingerprint density at radius 2 is 1.92 bits per heavy atom. The summed E-state index contributed by atoms with van der Waals surface area (Å²) in [5, 5.41) is 15.1. The minimum atomic E-state index is -4.87. The third-order valence-corrected chi connectivity index (χ3v) is 6.04. The van der Waals surface area contributed by atoms with Crippen LogP contribution in [0.5, 0.6) is 11.6 Å². The van der Waals surface area contributed by atoms with Gasteiger partial charge in [-0.25, -0.2) is 4.99 Å². The summed E-state index contributed by atoms with van der Waals surface area (Å²) >= 11 is 0. The molecule has 2 aromatic carbocycles. The maximum atomic E-state index is 12.8. The fraction of sp³-hybridized carbons (Fsp3) is 0.292. The fourth-order valence-corrected chi connectivity index (χ4v) is 4.23. The molecule has 0 bridgehead atoms. The Bertz CT molecular complexity index is 1370. The Morgan fingerprint density at radius 1 is 1.17 bits per heavy atom. The number of halogens is 3. The van der Waals surface area contributed by atoms with E-state index in [9.17, 15) is 23.1 Å². The van der Waals surface area contributed by atoms with Gasteiger partial charge in [0, 0.05) is 42.6 Å². The minimum Gasteiger partial charge on any atom is -0.494 e. The van der Waals surface area contributed by atoms with Crippen LogP contribution >= 0.6 is 0 Å². The number of aromatic hydroxyl groups is 1. The number of H-pyrrole nitrogens is 1. The van der Waals surface area contributed by atoms with Crippen molar-refractivity contribution in [3.63, 3.8) is 0 Å². The zero-order valence-corrected chi connectivity index (χ0v) is 19.2. The number of carbonyl (C=O) groups excluding carboxylic acids is 1. The number of nitrogens with zero attached hydrogens (tertiary/aromatic N) is 4. The lowest BCUT2D eigenvalue weighted by molar-refractivity contribution is -0.274. The average Bonchev–Trinajstić information content (AvgIpc) is 3.34. The first-order valence-electron chi connectivity index (χ1n) is 11.1. The standard InChI is InChI=1S/C24H22F3N5O4/c1-31-8-10-32(11-9-31)19(33)13-35-30-21-15-4-2-3-5-17(15)28-22(21)20-16-12-14(36-24(25,26)27)6-7-18(16)29-23(20)34/h2-7,12,29,34H,8-11,13H2,1H3/b30-21+. The quantitative estimate of drug-likeness (QED) is 0.522. The van der Waals surface area contributed by atoms with Crippen molar-refractivity contribution < 1.29 is 32.6 Å². The monoisotopic (exact) mass is 501 g/mol. The van der Waals surface area contributed by atoms with Crippen molar-refractivity contribution in [3.05, 3.63) is 53.6 Å². The summed E-state index contributed by atoms with van der Waals surface area (Å²) in [6.45, 7) is 2.44. The summed E-state index contributed by atoms with van der Waals surface area (Å²) in [7, 11) is 1.99. The van der Waals surface area contributed by atoms with Gasteiger partial charge in [-0.2, -0.15) is 0 Å². The van der Waals surface area contributed by atoms with Gasteiger partial charge in [0.05, 0.1) is 11.3 Å². The molecule has 0 unspecified atom stereocenters. The number of hydrogen-bond donors (Lipinski definition) is 2. The Kier molecular flexibility index (Phi) is 6.04. The molecule has 1 saturated heterocycles. The van der Waals surface area contributed by atoms with Gasteiger partial charge in [-0.05, 0) is 31.3 Å². The molecule has 5 rings (SSSR count). The van der Waals surface area contributed by atoms with Crippen molar-refractivity contribution in [2.24, 2.45) is 10.1 Å². The first-order chi connectivity index (χ1) is 17.2. The van der Waals surface area contributed by atoms with Crippen LogP contribution in [0.1, 0.15) is 11.1 Å². The number of para-hydroxylation sites is 1. The van der Waals surface area contributed by atoms with Crippen molar-refractivity contribution in [3.8, 4) is 11.6 Å². The van der Waals surface area contributed by atoms with E-state index in [1.807, 2.05) is 7.05 Å². The fourth-order valence-electron chi connectivity index (χ4n) is 4.23. The molecule has 3 heterocycles. The molecule has 1 aromatic heterocycles. The number of hydrogen-bond acceptors (Lipinski definition) is 7. The number of likely N-dealkylation sites (N-methyl/N-ethyl adjacent to an activating group) is 1. The van der Waals surface area contributed by atoms with Crippen LogP contribution in [0.3, 0.4) is 0 Å². The van der Waals surface area contributed by atoms with Crippen molar-refractivity contribution in [1.82, 2.24) is 14.8 Å². The minimum absolute atomic E-state index is 0.140. The topological polar surface area (TPSA) is 103 Å². The second-order valence-corrected chi connectivity index (χ2v) is 8.48. The van der Waals surface area contributed by atoms with Crippen molar-refractivity contribution in [2.45, 2.75) is 6.36 Å². The van der Waals surface area contributed by atoms with E-state index in [0.29, 0.717) is 29.9 Å². The molecule has 2 N–H and O–H groups in total. The zero-order valence-electron chi connectivity index (χ0n) is 19.2. The largest absolute Gasteiger partial charge is 0.573 e. The van der Waals surface area contributed by atoms with Gasteiger partial charge < -0.3 is 29.5 Å². The van der Waals surface area contributed by atoms with Gasteiger partial charge in [0.2, 0.25) is 0 Å². The number of carbonyl (C=O) groups is 1. The smallest absolute Gasteiger partial charge is 0.494 e. The number of aromatic amines is 1. The molecule has 0 saturated carbocycles. The number of piperazine rings is 1. The second-order valence-electron chi connectivity index (χ2n) is 8.48. The molecule has 2 aliphatic rings. The number of fused-ring (bicyclic) bond motifs is 2. The third-order valence-electron chi connectivity index (χ3n) is 6.04. The summed E-state index contributed by atoms with van der Waals surface area (Å²) in [6, 6.07) is 10.7. The number of rotatable bonds is 5. The van der Waals surface area contributed by atoms with E-state index in [-0.39, 0.29) is 40.8 Å². The molecule has 0 aliphatic carbocycles. The molecule has 188 valence electrons. The molecule has 0 radical (unpaired) electrons.